The first-order chi connectivity index (χ1) is 4.38. The van der Waals surface area contributed by atoms with Gasteiger partial charge in [-0.15, -0.1) is 0 Å². The topological polar surface area (TPSA) is 64.9 Å². The molecule has 0 aliphatic heterocycles. The van der Waals surface area contributed by atoms with Gasteiger partial charge < -0.3 is 10.4 Å². The fraction of sp³-hybridized carbons (Fsp3) is 0.800. The molecule has 3 N–H and O–H groups in total. The van der Waals surface area contributed by atoms with Gasteiger partial charge in [-0.1, -0.05) is 5.16 Å². The van der Waals surface area contributed by atoms with E-state index in [2.05, 4.69) is 10.6 Å². The first-order valence-electron chi connectivity index (χ1n) is 2.99. The van der Waals surface area contributed by atoms with Gasteiger partial charge in [0.25, 0.3) is 0 Å². The van der Waals surface area contributed by atoms with Gasteiger partial charge in [-0.3, -0.25) is 0 Å². The van der Waals surface area contributed by atoms with E-state index in [0.717, 1.165) is 19.3 Å². The quantitative estimate of drug-likeness (QED) is 0.354. The Morgan fingerprint density at radius 2 is 2.44 bits per heavy atom. The standard InChI is InChI=1S/C5H10N2O2/c8-6-4-2-1-3-5(4)7-9/h4,6,8-9H,1-3H2/b7-5-. The van der Waals surface area contributed by atoms with Crippen molar-refractivity contribution in [2.45, 2.75) is 25.3 Å². The molecule has 1 rings (SSSR count). The summed E-state index contributed by atoms with van der Waals surface area (Å²) < 4.78 is 0. The predicted molar refractivity (Wildman–Crippen MR) is 31.8 cm³/mol. The number of hydroxylamine groups is 1. The fourth-order valence-corrected chi connectivity index (χ4v) is 1.09. The Bertz CT molecular complexity index is 124. The largest absolute Gasteiger partial charge is 0.411 e. The average molecular weight is 130 g/mol. The van der Waals surface area contributed by atoms with Crippen LogP contribution in [0.5, 0.6) is 0 Å². The zero-order chi connectivity index (χ0) is 6.69. The van der Waals surface area contributed by atoms with E-state index in [1.165, 1.54) is 0 Å². The van der Waals surface area contributed by atoms with Crippen molar-refractivity contribution >= 4 is 5.71 Å². The number of hydrogen-bond donors (Lipinski definition) is 3. The van der Waals surface area contributed by atoms with Crippen LogP contribution < -0.4 is 5.48 Å². The normalized spacial score (nSPS) is 31.7. The second-order valence-electron chi connectivity index (χ2n) is 2.17. The molecule has 4 nitrogen and oxygen atoms in total. The second-order valence-corrected chi connectivity index (χ2v) is 2.17. The van der Waals surface area contributed by atoms with Gasteiger partial charge in [-0.2, -0.15) is 5.48 Å². The lowest BCUT2D eigenvalue weighted by molar-refractivity contribution is 0.148. The van der Waals surface area contributed by atoms with Crippen molar-refractivity contribution in [3.63, 3.8) is 0 Å². The zero-order valence-corrected chi connectivity index (χ0v) is 5.04. The molecule has 0 spiro atoms. The van der Waals surface area contributed by atoms with E-state index in [1.807, 2.05) is 0 Å². The molecular formula is C5H10N2O2. The monoisotopic (exact) mass is 130 g/mol. The Hall–Kier alpha value is -0.610. The van der Waals surface area contributed by atoms with Crippen LogP contribution >= 0.6 is 0 Å². The molecule has 52 valence electrons. The number of nitrogens with zero attached hydrogens (tertiary/aromatic N) is 1. The van der Waals surface area contributed by atoms with Gasteiger partial charge in [-0.05, 0) is 19.3 Å². The summed E-state index contributed by atoms with van der Waals surface area (Å²) in [6, 6.07) is -0.116. The van der Waals surface area contributed by atoms with E-state index in [0.29, 0.717) is 5.71 Å². The summed E-state index contributed by atoms with van der Waals surface area (Å²) in [5.74, 6) is 0. The molecule has 0 radical (unpaired) electrons. The van der Waals surface area contributed by atoms with Crippen LogP contribution in [-0.4, -0.2) is 22.2 Å². The van der Waals surface area contributed by atoms with E-state index in [9.17, 15) is 0 Å². The SMILES string of the molecule is O/N=C1/CCCC1NO. The van der Waals surface area contributed by atoms with Crippen LogP contribution in [0.4, 0.5) is 0 Å². The Balaban J connectivity index is 2.52. The van der Waals surface area contributed by atoms with Crippen LogP contribution in [-0.2, 0) is 0 Å². The molecule has 0 bridgehead atoms. The minimum Gasteiger partial charge on any atom is -0.411 e. The van der Waals surface area contributed by atoms with Crippen LogP contribution in [0.1, 0.15) is 19.3 Å². The van der Waals surface area contributed by atoms with Gasteiger partial charge in [0.2, 0.25) is 0 Å². The van der Waals surface area contributed by atoms with Gasteiger partial charge in [0.1, 0.15) is 0 Å². The van der Waals surface area contributed by atoms with Gasteiger partial charge in [0.05, 0.1) is 11.8 Å². The molecule has 1 unspecified atom stereocenters. The maximum absolute atomic E-state index is 8.43. The van der Waals surface area contributed by atoms with Crippen molar-refractivity contribution < 1.29 is 10.4 Å². The molecule has 1 atom stereocenters. The molecule has 0 aromatic rings. The van der Waals surface area contributed by atoms with Crippen LogP contribution in [0.25, 0.3) is 0 Å². The lowest BCUT2D eigenvalue weighted by Crippen LogP contribution is -2.29. The molecule has 4 heteroatoms. The molecule has 9 heavy (non-hydrogen) atoms. The third-order valence-corrected chi connectivity index (χ3v) is 1.61. The Labute approximate surface area is 53.1 Å². The second kappa shape index (κ2) is 2.80. The molecule has 1 aliphatic rings. The Morgan fingerprint density at radius 1 is 1.67 bits per heavy atom. The van der Waals surface area contributed by atoms with E-state index in [-0.39, 0.29) is 6.04 Å². The van der Waals surface area contributed by atoms with Crippen molar-refractivity contribution in [1.82, 2.24) is 5.48 Å². The van der Waals surface area contributed by atoms with Crippen molar-refractivity contribution in [1.29, 1.82) is 0 Å². The van der Waals surface area contributed by atoms with Crippen LogP contribution in [0.2, 0.25) is 0 Å². The fourth-order valence-electron chi connectivity index (χ4n) is 1.09. The molecular weight excluding hydrogens is 120 g/mol. The van der Waals surface area contributed by atoms with Gasteiger partial charge in [0.15, 0.2) is 0 Å². The third-order valence-electron chi connectivity index (χ3n) is 1.61. The van der Waals surface area contributed by atoms with Crippen molar-refractivity contribution in [3.8, 4) is 0 Å². The smallest absolute Gasteiger partial charge is 0.0763 e. The minimum atomic E-state index is -0.116. The molecule has 0 amide bonds. The summed E-state index contributed by atoms with van der Waals surface area (Å²) in [5, 5.41) is 19.8. The summed E-state index contributed by atoms with van der Waals surface area (Å²) in [4.78, 5) is 0. The van der Waals surface area contributed by atoms with Crippen LogP contribution in [0.3, 0.4) is 0 Å². The zero-order valence-electron chi connectivity index (χ0n) is 5.04. The molecule has 1 saturated carbocycles. The Kier molecular flexibility index (Phi) is 2.02. The van der Waals surface area contributed by atoms with E-state index >= 15 is 0 Å². The molecule has 1 fully saturated rings. The van der Waals surface area contributed by atoms with E-state index in [4.69, 9.17) is 10.4 Å². The van der Waals surface area contributed by atoms with Crippen molar-refractivity contribution in [2.75, 3.05) is 0 Å². The summed E-state index contributed by atoms with van der Waals surface area (Å²) in [6.45, 7) is 0. The number of oxime groups is 1. The van der Waals surface area contributed by atoms with Crippen LogP contribution in [0, 0.1) is 0 Å². The third kappa shape index (κ3) is 1.20. The van der Waals surface area contributed by atoms with Crippen LogP contribution in [0.15, 0.2) is 5.16 Å². The molecule has 0 aromatic heterocycles. The maximum Gasteiger partial charge on any atom is 0.0763 e. The number of nitrogens with one attached hydrogen (secondary N) is 1. The maximum atomic E-state index is 8.43. The summed E-state index contributed by atoms with van der Waals surface area (Å²) >= 11 is 0. The van der Waals surface area contributed by atoms with Gasteiger partial charge in [0, 0.05) is 0 Å². The van der Waals surface area contributed by atoms with Crippen molar-refractivity contribution in [3.05, 3.63) is 0 Å². The highest BCUT2D eigenvalue weighted by molar-refractivity contribution is 5.90. The van der Waals surface area contributed by atoms with E-state index < -0.39 is 0 Å². The lowest BCUT2D eigenvalue weighted by atomic mass is 10.2. The summed E-state index contributed by atoms with van der Waals surface area (Å²) in [5.41, 5.74) is 2.72. The highest BCUT2D eigenvalue weighted by Gasteiger charge is 2.21. The molecule has 0 aromatic carbocycles. The summed E-state index contributed by atoms with van der Waals surface area (Å²) in [6.07, 6.45) is 2.63. The Morgan fingerprint density at radius 3 is 2.89 bits per heavy atom. The van der Waals surface area contributed by atoms with Gasteiger partial charge in [-0.25, -0.2) is 0 Å². The first kappa shape index (κ1) is 6.51. The highest BCUT2D eigenvalue weighted by atomic mass is 16.5. The predicted octanol–water partition coefficient (Wildman–Crippen LogP) is 0.348. The highest BCUT2D eigenvalue weighted by Crippen LogP contribution is 2.14. The first-order valence-corrected chi connectivity index (χ1v) is 2.99. The summed E-state index contributed by atoms with van der Waals surface area (Å²) in [7, 11) is 0. The van der Waals surface area contributed by atoms with Crippen molar-refractivity contribution in [2.24, 2.45) is 5.16 Å². The number of rotatable bonds is 1. The molecule has 0 saturated heterocycles. The van der Waals surface area contributed by atoms with Gasteiger partial charge >= 0.3 is 0 Å². The molecule has 1 aliphatic carbocycles. The van der Waals surface area contributed by atoms with E-state index in [1.54, 1.807) is 0 Å². The minimum absolute atomic E-state index is 0.116. The number of hydrogen-bond acceptors (Lipinski definition) is 4. The lowest BCUT2D eigenvalue weighted by Gasteiger charge is -2.04. The molecule has 0 heterocycles. The average Bonchev–Trinajstić information content (AvgIpc) is 2.33.